The van der Waals surface area contributed by atoms with Crippen molar-refractivity contribution in [3.63, 3.8) is 0 Å². The van der Waals surface area contributed by atoms with Crippen molar-refractivity contribution >= 4 is 17.5 Å². The number of amides is 1. The van der Waals surface area contributed by atoms with Gasteiger partial charge in [-0.3, -0.25) is 4.79 Å². The van der Waals surface area contributed by atoms with E-state index in [9.17, 15) is 4.79 Å². The molecule has 1 aromatic carbocycles. The normalized spacial score (nSPS) is 19.6. The number of aryl methyl sites for hydroxylation is 1. The molecule has 2 fully saturated rings. The lowest BCUT2D eigenvalue weighted by molar-refractivity contribution is -0.140. The molecule has 4 heteroatoms. The van der Waals surface area contributed by atoms with Gasteiger partial charge in [-0.2, -0.15) is 0 Å². The van der Waals surface area contributed by atoms with Crippen LogP contribution >= 0.6 is 11.6 Å². The average Bonchev–Trinajstić information content (AvgIpc) is 2.63. The van der Waals surface area contributed by atoms with Gasteiger partial charge in [0.1, 0.15) is 5.75 Å². The fourth-order valence-electron chi connectivity index (χ4n) is 4.41. The minimum atomic E-state index is 0.134. The Morgan fingerprint density at radius 1 is 1.04 bits per heavy atom. The zero-order valence-electron chi connectivity index (χ0n) is 15.3. The molecule has 0 radical (unpaired) electrons. The van der Waals surface area contributed by atoms with Crippen molar-refractivity contribution in [1.82, 2.24) is 4.90 Å². The van der Waals surface area contributed by atoms with Gasteiger partial charge < -0.3 is 9.64 Å². The molecule has 0 aliphatic heterocycles. The van der Waals surface area contributed by atoms with Gasteiger partial charge in [-0.25, -0.2) is 0 Å². The van der Waals surface area contributed by atoms with E-state index in [-0.39, 0.29) is 12.5 Å². The van der Waals surface area contributed by atoms with E-state index in [2.05, 4.69) is 4.90 Å². The molecule has 0 bridgehead atoms. The van der Waals surface area contributed by atoms with Gasteiger partial charge in [0.15, 0.2) is 6.61 Å². The first-order valence-corrected chi connectivity index (χ1v) is 10.2. The van der Waals surface area contributed by atoms with Gasteiger partial charge in [0.2, 0.25) is 0 Å². The second-order valence-corrected chi connectivity index (χ2v) is 8.02. The maximum absolute atomic E-state index is 13.1. The van der Waals surface area contributed by atoms with Crippen molar-refractivity contribution in [1.29, 1.82) is 0 Å². The van der Waals surface area contributed by atoms with Crippen LogP contribution in [-0.4, -0.2) is 29.5 Å². The SMILES string of the molecule is Cc1cc(Cl)ccc1OCC(=O)N(C1CCCCC1)C1CCCCC1. The van der Waals surface area contributed by atoms with Crippen LogP contribution in [0.1, 0.15) is 69.8 Å². The monoisotopic (exact) mass is 363 g/mol. The molecule has 1 aromatic rings. The first kappa shape index (κ1) is 18.6. The number of carbonyl (C=O) groups excluding carboxylic acids is 1. The number of rotatable bonds is 5. The van der Waals surface area contributed by atoms with E-state index in [1.165, 1.54) is 38.5 Å². The van der Waals surface area contributed by atoms with Gasteiger partial charge in [0, 0.05) is 17.1 Å². The molecule has 2 saturated carbocycles. The molecular weight excluding hydrogens is 334 g/mol. The molecule has 0 heterocycles. The molecular formula is C21H30ClNO2. The Balaban J connectivity index is 1.67. The number of carbonyl (C=O) groups is 1. The van der Waals surface area contributed by atoms with Crippen LogP contribution in [0.2, 0.25) is 5.02 Å². The standard InChI is InChI=1S/C21H30ClNO2/c1-16-14-17(22)12-13-20(16)25-15-21(24)23(18-8-4-2-5-9-18)19-10-6-3-7-11-19/h12-14,18-19H,2-11,15H2,1H3. The predicted molar refractivity (Wildman–Crippen MR) is 102 cm³/mol. The first-order valence-electron chi connectivity index (χ1n) is 9.85. The van der Waals surface area contributed by atoms with Crippen molar-refractivity contribution < 1.29 is 9.53 Å². The zero-order valence-corrected chi connectivity index (χ0v) is 16.1. The van der Waals surface area contributed by atoms with E-state index in [0.717, 1.165) is 37.0 Å². The Hall–Kier alpha value is -1.22. The molecule has 25 heavy (non-hydrogen) atoms. The summed E-state index contributed by atoms with van der Waals surface area (Å²) in [5.41, 5.74) is 0.974. The number of benzene rings is 1. The third-order valence-electron chi connectivity index (χ3n) is 5.71. The van der Waals surface area contributed by atoms with Crippen LogP contribution in [0, 0.1) is 6.92 Å². The molecule has 0 unspecified atom stereocenters. The van der Waals surface area contributed by atoms with E-state index >= 15 is 0 Å². The van der Waals surface area contributed by atoms with Crippen molar-refractivity contribution in [2.45, 2.75) is 83.2 Å². The summed E-state index contributed by atoms with van der Waals surface area (Å²) in [5.74, 6) is 0.915. The minimum absolute atomic E-state index is 0.134. The van der Waals surface area contributed by atoms with Crippen LogP contribution in [0.3, 0.4) is 0 Å². The Morgan fingerprint density at radius 3 is 2.12 bits per heavy atom. The van der Waals surface area contributed by atoms with Crippen molar-refractivity contribution in [3.05, 3.63) is 28.8 Å². The van der Waals surface area contributed by atoms with E-state index in [0.29, 0.717) is 17.1 Å². The van der Waals surface area contributed by atoms with E-state index in [1.807, 2.05) is 25.1 Å². The summed E-state index contributed by atoms with van der Waals surface area (Å²) in [4.78, 5) is 15.3. The van der Waals surface area contributed by atoms with E-state index < -0.39 is 0 Å². The summed E-state index contributed by atoms with van der Waals surface area (Å²) in [5, 5.41) is 0.696. The molecule has 1 amide bonds. The van der Waals surface area contributed by atoms with Gasteiger partial charge in [-0.1, -0.05) is 50.1 Å². The van der Waals surface area contributed by atoms with E-state index in [4.69, 9.17) is 16.3 Å². The highest BCUT2D eigenvalue weighted by atomic mass is 35.5. The lowest BCUT2D eigenvalue weighted by Gasteiger charge is -2.41. The van der Waals surface area contributed by atoms with Crippen LogP contribution in [0.4, 0.5) is 0 Å². The van der Waals surface area contributed by atoms with Gasteiger partial charge in [0.05, 0.1) is 0 Å². The molecule has 0 atom stereocenters. The Labute approximate surface area is 156 Å². The van der Waals surface area contributed by atoms with E-state index in [1.54, 1.807) is 0 Å². The van der Waals surface area contributed by atoms with Gasteiger partial charge in [-0.15, -0.1) is 0 Å². The summed E-state index contributed by atoms with van der Waals surface area (Å²) in [6, 6.07) is 6.38. The van der Waals surface area contributed by atoms with Crippen LogP contribution in [0.5, 0.6) is 5.75 Å². The largest absolute Gasteiger partial charge is 0.483 e. The molecule has 138 valence electrons. The Bertz CT molecular complexity index is 559. The Kier molecular flexibility index (Phi) is 6.63. The summed E-state index contributed by atoms with van der Waals surface area (Å²) < 4.78 is 5.87. The summed E-state index contributed by atoms with van der Waals surface area (Å²) in [6.45, 7) is 2.10. The fourth-order valence-corrected chi connectivity index (χ4v) is 4.64. The molecule has 3 nitrogen and oxygen atoms in total. The summed E-state index contributed by atoms with van der Waals surface area (Å²) in [7, 11) is 0. The molecule has 0 saturated heterocycles. The maximum Gasteiger partial charge on any atom is 0.261 e. The molecule has 2 aliphatic rings. The van der Waals surface area contributed by atoms with Crippen molar-refractivity contribution in [3.8, 4) is 5.75 Å². The van der Waals surface area contributed by atoms with Crippen LogP contribution in [-0.2, 0) is 4.79 Å². The number of hydrogen-bond acceptors (Lipinski definition) is 2. The molecule has 0 N–H and O–H groups in total. The van der Waals surface area contributed by atoms with Gasteiger partial charge in [0.25, 0.3) is 5.91 Å². The Morgan fingerprint density at radius 2 is 1.60 bits per heavy atom. The number of hydrogen-bond donors (Lipinski definition) is 0. The molecule has 3 rings (SSSR count). The highest BCUT2D eigenvalue weighted by molar-refractivity contribution is 6.30. The van der Waals surface area contributed by atoms with Crippen LogP contribution < -0.4 is 4.74 Å². The number of halogens is 1. The number of ether oxygens (including phenoxy) is 1. The summed E-state index contributed by atoms with van der Waals surface area (Å²) in [6.07, 6.45) is 12.2. The number of nitrogens with zero attached hydrogens (tertiary/aromatic N) is 1. The minimum Gasteiger partial charge on any atom is -0.483 e. The zero-order chi connectivity index (χ0) is 17.6. The lowest BCUT2D eigenvalue weighted by atomic mass is 9.88. The van der Waals surface area contributed by atoms with Gasteiger partial charge >= 0.3 is 0 Å². The second kappa shape index (κ2) is 8.93. The topological polar surface area (TPSA) is 29.5 Å². The predicted octanol–water partition coefficient (Wildman–Crippen LogP) is 5.52. The average molecular weight is 364 g/mol. The first-order chi connectivity index (χ1) is 12.1. The third-order valence-corrected chi connectivity index (χ3v) is 5.95. The summed E-state index contributed by atoms with van der Waals surface area (Å²) >= 11 is 6.00. The quantitative estimate of drug-likeness (QED) is 0.689. The highest BCUT2D eigenvalue weighted by Gasteiger charge is 2.32. The highest BCUT2D eigenvalue weighted by Crippen LogP contribution is 2.30. The second-order valence-electron chi connectivity index (χ2n) is 7.58. The van der Waals surface area contributed by atoms with Crippen molar-refractivity contribution in [2.75, 3.05) is 6.61 Å². The van der Waals surface area contributed by atoms with Crippen molar-refractivity contribution in [2.24, 2.45) is 0 Å². The lowest BCUT2D eigenvalue weighted by Crippen LogP contribution is -2.50. The fraction of sp³-hybridized carbons (Fsp3) is 0.667. The third kappa shape index (κ3) is 4.91. The maximum atomic E-state index is 13.1. The van der Waals surface area contributed by atoms with Crippen LogP contribution in [0.15, 0.2) is 18.2 Å². The smallest absolute Gasteiger partial charge is 0.261 e. The van der Waals surface area contributed by atoms with Crippen LogP contribution in [0.25, 0.3) is 0 Å². The molecule has 0 aromatic heterocycles. The molecule has 0 spiro atoms. The molecule has 2 aliphatic carbocycles. The van der Waals surface area contributed by atoms with Gasteiger partial charge in [-0.05, 0) is 56.4 Å².